The molecular weight excluding hydrogens is 719 g/mol. The van der Waals surface area contributed by atoms with Crippen LogP contribution in [0.2, 0.25) is 5.02 Å². The smallest absolute Gasteiger partial charge is 0.266 e. The number of anilines is 1. The minimum atomic E-state index is -2.63. The topological polar surface area (TPSA) is 110 Å². The van der Waals surface area contributed by atoms with Gasteiger partial charge in [-0.15, -0.1) is 0 Å². The second kappa shape index (κ2) is 17.7. The number of ether oxygens (including phenoxy) is 2. The van der Waals surface area contributed by atoms with Crippen LogP contribution in [0.1, 0.15) is 53.2 Å². The van der Waals surface area contributed by atoms with Gasteiger partial charge in [-0.3, -0.25) is 14.8 Å². The number of H-pyrrole nitrogens is 1. The monoisotopic (exact) mass is 759 g/mol. The highest BCUT2D eigenvalue weighted by atomic mass is 35.5. The summed E-state index contributed by atoms with van der Waals surface area (Å²) in [6.07, 6.45) is 2.22. The molecule has 14 heteroatoms. The van der Waals surface area contributed by atoms with Crippen molar-refractivity contribution in [2.24, 2.45) is 7.05 Å². The molecule has 0 aliphatic carbocycles. The number of aryl methyl sites for hydroxylation is 3. The molecule has 10 nitrogen and oxygen atoms in total. The molecule has 282 valence electrons. The number of rotatable bonds is 9. The fourth-order valence-corrected chi connectivity index (χ4v) is 6.14. The molecule has 0 radical (unpaired) electrons. The van der Waals surface area contributed by atoms with Gasteiger partial charge in [0.05, 0.1) is 23.3 Å². The number of amides is 1. The van der Waals surface area contributed by atoms with E-state index in [0.29, 0.717) is 39.6 Å². The number of benzene rings is 3. The first-order valence-electron chi connectivity index (χ1n) is 17.5. The maximum Gasteiger partial charge on any atom is 0.266 e. The molecule has 0 saturated carbocycles. The highest BCUT2D eigenvalue weighted by molar-refractivity contribution is 6.30. The molecule has 0 atom stereocenters. The average Bonchev–Trinajstić information content (AvgIpc) is 3.65. The Labute approximate surface area is 316 Å². The van der Waals surface area contributed by atoms with Gasteiger partial charge in [-0.25, -0.2) is 23.1 Å². The molecule has 0 unspecified atom stereocenters. The second-order valence-electron chi connectivity index (χ2n) is 13.0. The van der Waals surface area contributed by atoms with Gasteiger partial charge >= 0.3 is 0 Å². The number of aromatic nitrogens is 5. The SMILES string of the molecule is C1COC1.Cc1[nH]nc2c(C(F)F)cc(NC=O)cc12.Cc1ccc2c(c1)nc(CN1CC=C(c3cccc(OCc4ccc(Cl)cc4F)n3)CC1)n2C. The number of alkyl halides is 2. The van der Waals surface area contributed by atoms with Gasteiger partial charge < -0.3 is 19.4 Å². The van der Waals surface area contributed by atoms with Crippen molar-refractivity contribution in [1.82, 2.24) is 29.6 Å². The predicted molar refractivity (Wildman–Crippen MR) is 204 cm³/mol. The second-order valence-corrected chi connectivity index (χ2v) is 13.5. The number of carbonyl (C=O) groups excluding carboxylic acids is 1. The molecule has 1 saturated heterocycles. The van der Waals surface area contributed by atoms with Crippen LogP contribution in [0.4, 0.5) is 18.9 Å². The van der Waals surface area contributed by atoms with Crippen molar-refractivity contribution in [3.05, 3.63) is 118 Å². The van der Waals surface area contributed by atoms with Crippen LogP contribution in [-0.2, 0) is 29.7 Å². The van der Waals surface area contributed by atoms with Crippen LogP contribution in [0.5, 0.6) is 5.88 Å². The van der Waals surface area contributed by atoms with Crippen molar-refractivity contribution < 1.29 is 27.4 Å². The molecule has 2 aliphatic rings. The lowest BCUT2D eigenvalue weighted by molar-refractivity contribution is -0.105. The van der Waals surface area contributed by atoms with Crippen molar-refractivity contribution in [2.45, 2.75) is 46.3 Å². The van der Waals surface area contributed by atoms with Crippen molar-refractivity contribution in [3.63, 3.8) is 0 Å². The zero-order valence-corrected chi connectivity index (χ0v) is 31.0. The van der Waals surface area contributed by atoms with Gasteiger partial charge in [-0.1, -0.05) is 35.9 Å². The van der Waals surface area contributed by atoms with E-state index in [0.717, 1.165) is 61.8 Å². The van der Waals surface area contributed by atoms with E-state index in [9.17, 15) is 18.0 Å². The lowest BCUT2D eigenvalue weighted by atomic mass is 10.0. The standard InChI is InChI=1S/C27H26ClFN4O.C10H9F2N3O.C3H6O/c1-18-6-9-25-24(14-18)30-26(32(25)2)16-33-12-10-19(11-13-33)23-4-3-5-27(31-23)34-17-20-7-8-21(28)15-22(20)29;1-5-7-2-6(13-4-16)3-8(10(11)12)9(7)15-14-5;1-2-4-3-1/h3-10,14-15H,11-13,16-17H2,1-2H3;2-4,10H,1H3,(H,13,16)(H,14,15);1-3H2. The van der Waals surface area contributed by atoms with Crippen molar-refractivity contribution in [3.8, 4) is 5.88 Å². The zero-order chi connectivity index (χ0) is 38.2. The third-order valence-corrected chi connectivity index (χ3v) is 9.38. The van der Waals surface area contributed by atoms with Gasteiger partial charge in [-0.05, 0) is 80.3 Å². The normalized spacial score (nSPS) is 14.1. The number of fused-ring (bicyclic) bond motifs is 2. The Morgan fingerprint density at radius 1 is 1.07 bits per heavy atom. The number of hydrogen-bond donors (Lipinski definition) is 2. The Morgan fingerprint density at radius 3 is 2.56 bits per heavy atom. The van der Waals surface area contributed by atoms with Crippen LogP contribution >= 0.6 is 11.6 Å². The summed E-state index contributed by atoms with van der Waals surface area (Å²) in [5.74, 6) is 1.17. The summed E-state index contributed by atoms with van der Waals surface area (Å²) in [6.45, 7) is 8.49. The van der Waals surface area contributed by atoms with Crippen LogP contribution in [0, 0.1) is 19.7 Å². The number of hydrogen-bond acceptors (Lipinski definition) is 7. The lowest BCUT2D eigenvalue weighted by Crippen LogP contribution is -2.29. The van der Waals surface area contributed by atoms with Gasteiger partial charge in [0.25, 0.3) is 6.43 Å². The van der Waals surface area contributed by atoms with Gasteiger partial charge in [-0.2, -0.15) is 5.10 Å². The Balaban J connectivity index is 0.000000205. The molecule has 1 amide bonds. The Bertz CT molecular complexity index is 2270. The maximum atomic E-state index is 14.0. The molecule has 54 heavy (non-hydrogen) atoms. The molecular formula is C40H41ClF3N7O3. The summed E-state index contributed by atoms with van der Waals surface area (Å²) in [5.41, 5.74) is 7.04. The number of pyridine rings is 1. The van der Waals surface area contributed by atoms with Crippen LogP contribution in [0.3, 0.4) is 0 Å². The van der Waals surface area contributed by atoms with Crippen LogP contribution < -0.4 is 10.1 Å². The summed E-state index contributed by atoms with van der Waals surface area (Å²) in [5, 5.41) is 9.77. The Morgan fingerprint density at radius 2 is 1.87 bits per heavy atom. The summed E-state index contributed by atoms with van der Waals surface area (Å²) < 4.78 is 52.2. The molecule has 1 fully saturated rings. The first kappa shape index (κ1) is 38.5. The third-order valence-electron chi connectivity index (χ3n) is 9.15. The number of nitrogens with one attached hydrogen (secondary N) is 2. The van der Waals surface area contributed by atoms with E-state index in [1.54, 1.807) is 31.2 Å². The first-order chi connectivity index (χ1) is 26.1. The van der Waals surface area contributed by atoms with Crippen LogP contribution in [0.15, 0.2) is 72.8 Å². The quantitative estimate of drug-likeness (QED) is 0.142. The Hall–Kier alpha value is -5.24. The zero-order valence-electron chi connectivity index (χ0n) is 30.2. The number of imidazole rings is 1. The predicted octanol–water partition coefficient (Wildman–Crippen LogP) is 8.72. The number of carbonyl (C=O) groups is 1. The summed E-state index contributed by atoms with van der Waals surface area (Å²) in [6, 6.07) is 19.5. The van der Waals surface area contributed by atoms with Gasteiger partial charge in [0, 0.05) is 72.3 Å². The minimum Gasteiger partial charge on any atom is -0.473 e. The van der Waals surface area contributed by atoms with Crippen molar-refractivity contribution in [1.29, 1.82) is 0 Å². The largest absolute Gasteiger partial charge is 0.473 e. The molecule has 3 aromatic heterocycles. The molecule has 0 spiro atoms. The van der Waals surface area contributed by atoms with Crippen LogP contribution in [0.25, 0.3) is 27.5 Å². The fourth-order valence-electron chi connectivity index (χ4n) is 5.98. The molecule has 6 aromatic rings. The summed E-state index contributed by atoms with van der Waals surface area (Å²) in [4.78, 5) is 22.2. The number of aromatic amines is 1. The molecule has 8 rings (SSSR count). The molecule has 2 N–H and O–H groups in total. The molecule has 5 heterocycles. The number of halogens is 4. The lowest BCUT2D eigenvalue weighted by Gasteiger charge is -2.25. The molecule has 0 bridgehead atoms. The minimum absolute atomic E-state index is 0.101. The van der Waals surface area contributed by atoms with E-state index in [2.05, 4.69) is 68.2 Å². The summed E-state index contributed by atoms with van der Waals surface area (Å²) >= 11 is 5.82. The first-order valence-corrected chi connectivity index (χ1v) is 17.9. The summed E-state index contributed by atoms with van der Waals surface area (Å²) in [7, 11) is 2.08. The van der Waals surface area contributed by atoms with E-state index >= 15 is 0 Å². The van der Waals surface area contributed by atoms with E-state index in [-0.39, 0.29) is 23.5 Å². The van der Waals surface area contributed by atoms with Crippen LogP contribution in [-0.4, -0.2) is 62.3 Å². The Kier molecular flexibility index (Phi) is 12.6. The fraction of sp³-hybridized carbons (Fsp3) is 0.300. The van der Waals surface area contributed by atoms with E-state index in [1.165, 1.54) is 29.7 Å². The molecule has 2 aliphatic heterocycles. The van der Waals surface area contributed by atoms with Crippen molar-refractivity contribution >= 4 is 51.2 Å². The highest BCUT2D eigenvalue weighted by Gasteiger charge is 2.19. The highest BCUT2D eigenvalue weighted by Crippen LogP contribution is 2.31. The van der Waals surface area contributed by atoms with E-state index < -0.39 is 6.43 Å². The average molecular weight is 760 g/mol. The van der Waals surface area contributed by atoms with Gasteiger partial charge in [0.2, 0.25) is 12.3 Å². The van der Waals surface area contributed by atoms with E-state index in [4.69, 9.17) is 26.1 Å². The van der Waals surface area contributed by atoms with E-state index in [1.807, 2.05) is 12.1 Å². The number of nitrogens with zero attached hydrogens (tertiary/aromatic N) is 5. The van der Waals surface area contributed by atoms with Crippen molar-refractivity contribution in [2.75, 3.05) is 31.6 Å². The third kappa shape index (κ3) is 9.46. The maximum absolute atomic E-state index is 14.0. The molecule has 3 aromatic carbocycles. The van der Waals surface area contributed by atoms with Gasteiger partial charge in [0.1, 0.15) is 23.8 Å². The van der Waals surface area contributed by atoms with Gasteiger partial charge in [0.15, 0.2) is 0 Å².